The van der Waals surface area contributed by atoms with E-state index in [0.717, 1.165) is 0 Å². The van der Waals surface area contributed by atoms with Crippen LogP contribution in [0.2, 0.25) is 0 Å². The van der Waals surface area contributed by atoms with Crippen molar-refractivity contribution in [3.05, 3.63) is 0 Å². The predicted octanol–water partition coefficient (Wildman–Crippen LogP) is 0.133. The standard InChI is InChI=1S/C9H15ClO4/c1-3-7(8(11)12)9(2)13-5-6(4-10)14-9/h6-7H,3-5H2,1-2H3,(H,11,12)/p-1. The predicted molar refractivity (Wildman–Crippen MR) is 48.7 cm³/mol. The number of hydrogen-bond donors (Lipinski definition) is 0. The van der Waals surface area contributed by atoms with Gasteiger partial charge in [0.05, 0.1) is 24.5 Å². The summed E-state index contributed by atoms with van der Waals surface area (Å²) in [5.41, 5.74) is 0. The van der Waals surface area contributed by atoms with Crippen LogP contribution in [0.1, 0.15) is 20.3 Å². The lowest BCUT2D eigenvalue weighted by molar-refractivity contribution is -0.326. The Labute approximate surface area is 88.1 Å². The first-order valence-electron chi connectivity index (χ1n) is 4.62. The van der Waals surface area contributed by atoms with Crippen LogP contribution >= 0.6 is 11.6 Å². The van der Waals surface area contributed by atoms with Gasteiger partial charge in [0.2, 0.25) is 0 Å². The molecule has 1 fully saturated rings. The minimum Gasteiger partial charge on any atom is -0.550 e. The van der Waals surface area contributed by atoms with Gasteiger partial charge in [-0.15, -0.1) is 11.6 Å². The van der Waals surface area contributed by atoms with Gasteiger partial charge in [0.25, 0.3) is 0 Å². The van der Waals surface area contributed by atoms with Crippen molar-refractivity contribution >= 4 is 17.6 Å². The summed E-state index contributed by atoms with van der Waals surface area (Å²) in [6.07, 6.45) is 0.184. The number of alkyl halides is 1. The Morgan fingerprint density at radius 2 is 2.43 bits per heavy atom. The van der Waals surface area contributed by atoms with Crippen LogP contribution in [0.25, 0.3) is 0 Å². The molecular formula is C9H14ClO4-. The van der Waals surface area contributed by atoms with Crippen LogP contribution in [-0.2, 0) is 14.3 Å². The molecule has 1 saturated heterocycles. The van der Waals surface area contributed by atoms with E-state index in [2.05, 4.69) is 0 Å². The first-order valence-corrected chi connectivity index (χ1v) is 5.15. The van der Waals surface area contributed by atoms with Gasteiger partial charge in [0.15, 0.2) is 5.79 Å². The number of carbonyl (C=O) groups excluding carboxylic acids is 1. The molecule has 0 aliphatic carbocycles. The second kappa shape index (κ2) is 4.47. The zero-order valence-electron chi connectivity index (χ0n) is 8.29. The van der Waals surface area contributed by atoms with Crippen molar-refractivity contribution in [1.29, 1.82) is 0 Å². The normalized spacial score (nSPS) is 34.4. The number of carboxylic acid groups (broad SMARTS) is 1. The minimum absolute atomic E-state index is 0.227. The third-order valence-corrected chi connectivity index (χ3v) is 2.80. The number of carbonyl (C=O) groups is 1. The van der Waals surface area contributed by atoms with E-state index in [1.807, 2.05) is 0 Å². The lowest BCUT2D eigenvalue weighted by Crippen LogP contribution is -2.47. The average molecular weight is 222 g/mol. The summed E-state index contributed by atoms with van der Waals surface area (Å²) < 4.78 is 10.8. The zero-order chi connectivity index (χ0) is 10.8. The molecule has 1 aliphatic heterocycles. The van der Waals surface area contributed by atoms with E-state index in [1.165, 1.54) is 0 Å². The largest absolute Gasteiger partial charge is 0.550 e. The summed E-state index contributed by atoms with van der Waals surface area (Å²) in [7, 11) is 0. The highest BCUT2D eigenvalue weighted by molar-refractivity contribution is 6.18. The van der Waals surface area contributed by atoms with Crippen LogP contribution in [0.3, 0.4) is 0 Å². The van der Waals surface area contributed by atoms with E-state index in [1.54, 1.807) is 13.8 Å². The summed E-state index contributed by atoms with van der Waals surface area (Å²) in [6, 6.07) is 0. The molecule has 1 aliphatic rings. The van der Waals surface area contributed by atoms with E-state index in [9.17, 15) is 9.90 Å². The highest BCUT2D eigenvalue weighted by Crippen LogP contribution is 2.32. The van der Waals surface area contributed by atoms with Crippen molar-refractivity contribution in [2.45, 2.75) is 32.2 Å². The van der Waals surface area contributed by atoms with Gasteiger partial charge in [-0.3, -0.25) is 0 Å². The number of hydrogen-bond acceptors (Lipinski definition) is 4. The van der Waals surface area contributed by atoms with Crippen molar-refractivity contribution in [3.8, 4) is 0 Å². The molecule has 4 nitrogen and oxygen atoms in total. The molecule has 1 rings (SSSR count). The third kappa shape index (κ3) is 2.19. The summed E-state index contributed by atoms with van der Waals surface area (Å²) >= 11 is 5.59. The summed E-state index contributed by atoms with van der Waals surface area (Å²) in [4.78, 5) is 10.8. The van der Waals surface area contributed by atoms with E-state index in [-0.39, 0.29) is 6.10 Å². The summed E-state index contributed by atoms with van der Waals surface area (Å²) in [5, 5.41) is 10.8. The Balaban J connectivity index is 2.70. The van der Waals surface area contributed by atoms with Crippen molar-refractivity contribution < 1.29 is 19.4 Å². The third-order valence-electron chi connectivity index (χ3n) is 2.45. The molecule has 0 aromatic carbocycles. The van der Waals surface area contributed by atoms with Crippen molar-refractivity contribution in [3.63, 3.8) is 0 Å². The van der Waals surface area contributed by atoms with Gasteiger partial charge in [-0.2, -0.15) is 0 Å². The van der Waals surface area contributed by atoms with Crippen LogP contribution in [-0.4, -0.2) is 30.3 Å². The zero-order valence-corrected chi connectivity index (χ0v) is 9.04. The highest BCUT2D eigenvalue weighted by atomic mass is 35.5. The van der Waals surface area contributed by atoms with Gasteiger partial charge in [-0.1, -0.05) is 6.92 Å². The maximum absolute atomic E-state index is 10.8. The molecule has 0 amide bonds. The molecule has 0 bridgehead atoms. The number of rotatable bonds is 4. The fourth-order valence-corrected chi connectivity index (χ4v) is 1.82. The fraction of sp³-hybridized carbons (Fsp3) is 0.889. The van der Waals surface area contributed by atoms with Gasteiger partial charge < -0.3 is 19.4 Å². The van der Waals surface area contributed by atoms with E-state index < -0.39 is 17.7 Å². The second-order valence-corrected chi connectivity index (χ2v) is 3.81. The maximum atomic E-state index is 10.8. The molecule has 3 unspecified atom stereocenters. The molecule has 0 saturated carbocycles. The van der Waals surface area contributed by atoms with Gasteiger partial charge in [-0.05, 0) is 13.3 Å². The first kappa shape index (κ1) is 11.8. The fourth-order valence-electron chi connectivity index (χ4n) is 1.67. The van der Waals surface area contributed by atoms with Crippen LogP contribution < -0.4 is 5.11 Å². The van der Waals surface area contributed by atoms with Crippen LogP contribution in [0.4, 0.5) is 0 Å². The smallest absolute Gasteiger partial charge is 0.174 e. The van der Waals surface area contributed by atoms with Gasteiger partial charge in [0, 0.05) is 5.97 Å². The van der Waals surface area contributed by atoms with E-state index in [4.69, 9.17) is 21.1 Å². The number of ether oxygens (including phenoxy) is 2. The number of halogens is 1. The van der Waals surface area contributed by atoms with E-state index in [0.29, 0.717) is 18.9 Å². The topological polar surface area (TPSA) is 58.6 Å². The Morgan fingerprint density at radius 1 is 1.79 bits per heavy atom. The highest BCUT2D eigenvalue weighted by Gasteiger charge is 2.43. The molecule has 3 atom stereocenters. The molecule has 0 aromatic rings. The molecule has 14 heavy (non-hydrogen) atoms. The van der Waals surface area contributed by atoms with Crippen LogP contribution in [0, 0.1) is 5.92 Å². The molecule has 0 radical (unpaired) electrons. The van der Waals surface area contributed by atoms with Gasteiger partial charge in [-0.25, -0.2) is 0 Å². The molecule has 0 N–H and O–H groups in total. The molecule has 0 aromatic heterocycles. The molecule has 0 spiro atoms. The number of aliphatic carboxylic acids is 1. The Bertz CT molecular complexity index is 221. The summed E-state index contributed by atoms with van der Waals surface area (Å²) in [5.74, 6) is -2.69. The monoisotopic (exact) mass is 221 g/mol. The number of carboxylic acids is 1. The Morgan fingerprint density at radius 3 is 2.79 bits per heavy atom. The van der Waals surface area contributed by atoms with Crippen molar-refractivity contribution in [2.24, 2.45) is 5.92 Å². The Hall–Kier alpha value is -0.320. The average Bonchev–Trinajstić information content (AvgIpc) is 2.48. The van der Waals surface area contributed by atoms with Gasteiger partial charge in [0.1, 0.15) is 0 Å². The summed E-state index contributed by atoms with van der Waals surface area (Å²) in [6.45, 7) is 3.71. The maximum Gasteiger partial charge on any atom is 0.174 e. The van der Waals surface area contributed by atoms with Crippen LogP contribution in [0.15, 0.2) is 0 Å². The lowest BCUT2D eigenvalue weighted by atomic mass is 9.97. The van der Waals surface area contributed by atoms with Crippen molar-refractivity contribution in [1.82, 2.24) is 0 Å². The molecule has 5 heteroatoms. The van der Waals surface area contributed by atoms with E-state index >= 15 is 0 Å². The molecule has 1 heterocycles. The lowest BCUT2D eigenvalue weighted by Gasteiger charge is -2.32. The second-order valence-electron chi connectivity index (χ2n) is 3.50. The van der Waals surface area contributed by atoms with Crippen molar-refractivity contribution in [2.75, 3.05) is 12.5 Å². The molecule has 82 valence electrons. The first-order chi connectivity index (χ1) is 6.53. The molecular weight excluding hydrogens is 208 g/mol. The SMILES string of the molecule is CCC(C(=O)[O-])C1(C)OCC(CCl)O1. The minimum atomic E-state index is -1.15. The van der Waals surface area contributed by atoms with Crippen LogP contribution in [0.5, 0.6) is 0 Å². The Kier molecular flexibility index (Phi) is 3.75. The van der Waals surface area contributed by atoms with Gasteiger partial charge >= 0.3 is 0 Å². The quantitative estimate of drug-likeness (QED) is 0.634.